The molecule has 0 bridgehead atoms. The number of ether oxygens (including phenoxy) is 1. The number of hydrogen-bond donors (Lipinski definition) is 1. The van der Waals surface area contributed by atoms with Crippen LogP contribution in [-0.2, 0) is 0 Å². The van der Waals surface area contributed by atoms with Crippen molar-refractivity contribution >= 4 is 28.4 Å². The van der Waals surface area contributed by atoms with Gasteiger partial charge in [0.2, 0.25) is 0 Å². The third-order valence-electron chi connectivity index (χ3n) is 4.00. The van der Waals surface area contributed by atoms with Gasteiger partial charge in [0.25, 0.3) is 11.8 Å². The largest absolute Gasteiger partial charge is 0.496 e. The molecule has 138 valence electrons. The van der Waals surface area contributed by atoms with E-state index in [0.29, 0.717) is 22.4 Å². The molecule has 3 aromatic rings. The first-order valence-electron chi connectivity index (χ1n) is 8.17. The topological polar surface area (TPSA) is 71.5 Å². The highest BCUT2D eigenvalue weighted by atomic mass is 19.1. The van der Waals surface area contributed by atoms with Crippen LogP contribution in [-0.4, -0.2) is 42.9 Å². The van der Waals surface area contributed by atoms with Crippen LogP contribution in [0.5, 0.6) is 5.75 Å². The van der Waals surface area contributed by atoms with Crippen LogP contribution in [0.15, 0.2) is 48.5 Å². The highest BCUT2D eigenvalue weighted by molar-refractivity contribution is 6.05. The van der Waals surface area contributed by atoms with E-state index in [1.807, 2.05) is 0 Å². The molecular weight excluding hydrogens is 349 g/mol. The number of carbonyl (C=O) groups is 2. The molecule has 27 heavy (non-hydrogen) atoms. The third kappa shape index (κ3) is 3.72. The maximum Gasteiger partial charge on any atom is 0.274 e. The van der Waals surface area contributed by atoms with Gasteiger partial charge in [0.05, 0.1) is 12.7 Å². The number of benzene rings is 2. The minimum Gasteiger partial charge on any atom is -0.496 e. The highest BCUT2D eigenvalue weighted by Gasteiger charge is 2.17. The predicted molar refractivity (Wildman–Crippen MR) is 101 cm³/mol. The Kier molecular flexibility index (Phi) is 5.03. The summed E-state index contributed by atoms with van der Waals surface area (Å²) >= 11 is 0. The fourth-order valence-electron chi connectivity index (χ4n) is 2.63. The molecule has 3 rings (SSSR count). The number of fused-ring (bicyclic) bond motifs is 1. The minimum atomic E-state index is -0.506. The molecule has 0 unspecified atom stereocenters. The van der Waals surface area contributed by atoms with Gasteiger partial charge >= 0.3 is 0 Å². The zero-order chi connectivity index (χ0) is 19.6. The molecule has 1 N–H and O–H groups in total. The van der Waals surface area contributed by atoms with Crippen molar-refractivity contribution in [3.05, 3.63) is 65.6 Å². The van der Waals surface area contributed by atoms with Gasteiger partial charge in [0, 0.05) is 25.2 Å². The first-order chi connectivity index (χ1) is 12.9. The number of pyridine rings is 1. The summed E-state index contributed by atoms with van der Waals surface area (Å²) in [6.07, 6.45) is 0. The normalized spacial score (nSPS) is 10.5. The van der Waals surface area contributed by atoms with Crippen LogP contribution in [0.4, 0.5) is 10.1 Å². The molecule has 0 aliphatic rings. The number of carbonyl (C=O) groups excluding carboxylic acids is 2. The van der Waals surface area contributed by atoms with Gasteiger partial charge in [-0.2, -0.15) is 0 Å². The summed E-state index contributed by atoms with van der Waals surface area (Å²) in [6, 6.07) is 12.5. The zero-order valence-electron chi connectivity index (χ0n) is 15.1. The maximum atomic E-state index is 13.9. The second-order valence-electron chi connectivity index (χ2n) is 6.08. The molecule has 2 amide bonds. The summed E-state index contributed by atoms with van der Waals surface area (Å²) in [5, 5.41) is 3.28. The zero-order valence-corrected chi connectivity index (χ0v) is 15.1. The quantitative estimate of drug-likeness (QED) is 0.768. The van der Waals surface area contributed by atoms with E-state index in [1.165, 1.54) is 30.2 Å². The maximum absolute atomic E-state index is 13.9. The van der Waals surface area contributed by atoms with Crippen molar-refractivity contribution in [2.24, 2.45) is 0 Å². The Morgan fingerprint density at radius 2 is 1.89 bits per heavy atom. The number of nitrogens with one attached hydrogen (secondary N) is 1. The number of hydrogen-bond acceptors (Lipinski definition) is 4. The standard InChI is InChI=1S/C20H18FN3O3/c1-24(2)20(26)14-11-13(8-10-17(14)27-3)22-19(25)16-9-7-12-5-4-6-15(21)18(12)23-16/h4-11H,1-3H3,(H,22,25). The van der Waals surface area contributed by atoms with Crippen molar-refractivity contribution in [1.82, 2.24) is 9.88 Å². The summed E-state index contributed by atoms with van der Waals surface area (Å²) in [7, 11) is 4.72. The Morgan fingerprint density at radius 3 is 2.59 bits per heavy atom. The Labute approximate surface area is 155 Å². The Morgan fingerprint density at radius 1 is 1.11 bits per heavy atom. The van der Waals surface area contributed by atoms with Crippen molar-refractivity contribution < 1.29 is 18.7 Å². The Bertz CT molecular complexity index is 1030. The first kappa shape index (κ1) is 18.3. The summed E-state index contributed by atoms with van der Waals surface area (Å²) in [5.41, 5.74) is 0.923. The second kappa shape index (κ2) is 7.41. The summed E-state index contributed by atoms with van der Waals surface area (Å²) in [5.74, 6) is -0.856. The van der Waals surface area contributed by atoms with E-state index in [1.54, 1.807) is 44.4 Å². The molecule has 0 radical (unpaired) electrons. The molecule has 2 aromatic carbocycles. The summed E-state index contributed by atoms with van der Waals surface area (Å²) in [4.78, 5) is 30.3. The van der Waals surface area contributed by atoms with E-state index in [-0.39, 0.29) is 17.1 Å². The van der Waals surface area contributed by atoms with Crippen LogP contribution in [0, 0.1) is 5.82 Å². The smallest absolute Gasteiger partial charge is 0.274 e. The van der Waals surface area contributed by atoms with Gasteiger partial charge in [-0.3, -0.25) is 9.59 Å². The number of para-hydroxylation sites is 1. The fourth-order valence-corrected chi connectivity index (χ4v) is 2.63. The lowest BCUT2D eigenvalue weighted by Gasteiger charge is -2.15. The highest BCUT2D eigenvalue weighted by Crippen LogP contribution is 2.24. The van der Waals surface area contributed by atoms with Crippen molar-refractivity contribution in [1.29, 1.82) is 0 Å². The second-order valence-corrected chi connectivity index (χ2v) is 6.08. The van der Waals surface area contributed by atoms with E-state index in [2.05, 4.69) is 10.3 Å². The van der Waals surface area contributed by atoms with Crippen molar-refractivity contribution in [2.75, 3.05) is 26.5 Å². The van der Waals surface area contributed by atoms with Crippen LogP contribution in [0.1, 0.15) is 20.8 Å². The fraction of sp³-hybridized carbons (Fsp3) is 0.150. The van der Waals surface area contributed by atoms with E-state index in [9.17, 15) is 14.0 Å². The lowest BCUT2D eigenvalue weighted by Crippen LogP contribution is -2.22. The van der Waals surface area contributed by atoms with Crippen molar-refractivity contribution in [3.8, 4) is 5.75 Å². The molecule has 7 heteroatoms. The monoisotopic (exact) mass is 367 g/mol. The number of anilines is 1. The van der Waals surface area contributed by atoms with E-state index >= 15 is 0 Å². The van der Waals surface area contributed by atoms with Crippen LogP contribution in [0.2, 0.25) is 0 Å². The van der Waals surface area contributed by atoms with Crippen LogP contribution >= 0.6 is 0 Å². The molecule has 1 aromatic heterocycles. The predicted octanol–water partition coefficient (Wildman–Crippen LogP) is 3.34. The number of methoxy groups -OCH3 is 1. The number of nitrogens with zero attached hydrogens (tertiary/aromatic N) is 2. The van der Waals surface area contributed by atoms with Crippen molar-refractivity contribution in [3.63, 3.8) is 0 Å². The van der Waals surface area contributed by atoms with Gasteiger partial charge in [-0.25, -0.2) is 9.37 Å². The van der Waals surface area contributed by atoms with E-state index in [4.69, 9.17) is 4.74 Å². The average molecular weight is 367 g/mol. The van der Waals surface area contributed by atoms with Crippen LogP contribution in [0.25, 0.3) is 10.9 Å². The number of amides is 2. The lowest BCUT2D eigenvalue weighted by atomic mass is 10.1. The van der Waals surface area contributed by atoms with Gasteiger partial charge in [-0.15, -0.1) is 0 Å². The lowest BCUT2D eigenvalue weighted by molar-refractivity contribution is 0.0824. The summed E-state index contributed by atoms with van der Waals surface area (Å²) in [6.45, 7) is 0. The van der Waals surface area contributed by atoms with E-state index in [0.717, 1.165) is 0 Å². The van der Waals surface area contributed by atoms with Crippen molar-refractivity contribution in [2.45, 2.75) is 0 Å². The molecule has 0 aliphatic carbocycles. The number of aromatic nitrogens is 1. The third-order valence-corrected chi connectivity index (χ3v) is 4.00. The molecule has 6 nitrogen and oxygen atoms in total. The molecule has 0 aliphatic heterocycles. The SMILES string of the molecule is COc1ccc(NC(=O)c2ccc3cccc(F)c3n2)cc1C(=O)N(C)C. The molecule has 0 saturated heterocycles. The number of halogens is 1. The number of rotatable bonds is 4. The molecule has 0 saturated carbocycles. The molecule has 0 fully saturated rings. The Hall–Kier alpha value is -3.48. The van der Waals surface area contributed by atoms with Gasteiger partial charge < -0.3 is 15.0 Å². The van der Waals surface area contributed by atoms with Gasteiger partial charge in [0.15, 0.2) is 0 Å². The molecule has 0 atom stereocenters. The summed E-state index contributed by atoms with van der Waals surface area (Å²) < 4.78 is 19.1. The average Bonchev–Trinajstić information content (AvgIpc) is 2.67. The minimum absolute atomic E-state index is 0.0731. The van der Waals surface area contributed by atoms with Gasteiger partial charge in [-0.05, 0) is 30.3 Å². The van der Waals surface area contributed by atoms with Gasteiger partial charge in [0.1, 0.15) is 22.8 Å². The van der Waals surface area contributed by atoms with Crippen LogP contribution in [0.3, 0.4) is 0 Å². The van der Waals surface area contributed by atoms with Gasteiger partial charge in [-0.1, -0.05) is 18.2 Å². The van der Waals surface area contributed by atoms with Crippen LogP contribution < -0.4 is 10.1 Å². The molecule has 1 heterocycles. The Balaban J connectivity index is 1.91. The first-order valence-corrected chi connectivity index (χ1v) is 8.17. The van der Waals surface area contributed by atoms with E-state index < -0.39 is 11.7 Å². The molecular formula is C20H18FN3O3. The molecule has 0 spiro atoms.